The number of ketones is 1. The van der Waals surface area contributed by atoms with Gasteiger partial charge in [-0.05, 0) is 18.6 Å². The van der Waals surface area contributed by atoms with Crippen LogP contribution in [0.1, 0.15) is 22.3 Å². The molecule has 0 bridgehead atoms. The number of carbonyl (C=O) groups is 1. The summed E-state index contributed by atoms with van der Waals surface area (Å²) in [6, 6.07) is 2.74. The number of benzene rings is 1. The SMILES string of the molecule is CS(=O)(=O)CCC(N)C(=O)c1cccc(C(F)(F)F)c1. The highest BCUT2D eigenvalue weighted by Crippen LogP contribution is 2.29. The summed E-state index contributed by atoms with van der Waals surface area (Å²) in [5.41, 5.74) is 4.39. The third-order valence-corrected chi connectivity index (χ3v) is 3.59. The van der Waals surface area contributed by atoms with Crippen LogP contribution in [0.15, 0.2) is 24.3 Å². The minimum atomic E-state index is -4.55. The molecule has 0 radical (unpaired) electrons. The zero-order valence-electron chi connectivity index (χ0n) is 10.6. The Kier molecular flexibility index (Phi) is 4.93. The number of hydrogen-bond acceptors (Lipinski definition) is 4. The van der Waals surface area contributed by atoms with Gasteiger partial charge in [0.05, 0.1) is 17.4 Å². The van der Waals surface area contributed by atoms with Crippen LogP contribution in [-0.4, -0.2) is 32.3 Å². The maximum absolute atomic E-state index is 12.5. The molecule has 1 atom stereocenters. The van der Waals surface area contributed by atoms with Gasteiger partial charge >= 0.3 is 6.18 Å². The summed E-state index contributed by atoms with van der Waals surface area (Å²) in [5, 5.41) is 0. The summed E-state index contributed by atoms with van der Waals surface area (Å²) in [6.07, 6.45) is -3.68. The van der Waals surface area contributed by atoms with E-state index in [1.807, 2.05) is 0 Å². The Hall–Kier alpha value is -1.41. The zero-order valence-corrected chi connectivity index (χ0v) is 11.5. The Balaban J connectivity index is 2.87. The molecule has 0 saturated heterocycles. The molecule has 1 rings (SSSR count). The van der Waals surface area contributed by atoms with Crippen molar-refractivity contribution in [3.05, 3.63) is 35.4 Å². The molecule has 1 unspecified atom stereocenters. The number of halogens is 3. The van der Waals surface area contributed by atoms with E-state index in [1.165, 1.54) is 6.07 Å². The van der Waals surface area contributed by atoms with Crippen molar-refractivity contribution in [2.24, 2.45) is 5.73 Å². The van der Waals surface area contributed by atoms with Crippen LogP contribution < -0.4 is 5.73 Å². The Morgan fingerprint density at radius 1 is 1.35 bits per heavy atom. The molecular weight excluding hydrogens is 295 g/mol. The maximum Gasteiger partial charge on any atom is 0.416 e. The normalized spacial score (nSPS) is 14.1. The summed E-state index contributed by atoms with van der Waals surface area (Å²) in [6.45, 7) is 0. The molecular formula is C12H14F3NO3S. The van der Waals surface area contributed by atoms with Crippen LogP contribution in [0.25, 0.3) is 0 Å². The van der Waals surface area contributed by atoms with Crippen molar-refractivity contribution in [3.63, 3.8) is 0 Å². The van der Waals surface area contributed by atoms with Crippen LogP contribution in [0.2, 0.25) is 0 Å². The predicted octanol–water partition coefficient (Wildman–Crippen LogP) is 1.65. The molecule has 0 spiro atoms. The van der Waals surface area contributed by atoms with E-state index in [-0.39, 0.29) is 17.7 Å². The minimum Gasteiger partial charge on any atom is -0.321 e. The number of hydrogen-bond donors (Lipinski definition) is 1. The van der Waals surface area contributed by atoms with E-state index in [4.69, 9.17) is 5.73 Å². The van der Waals surface area contributed by atoms with Crippen molar-refractivity contribution >= 4 is 15.6 Å². The number of nitrogens with two attached hydrogens (primary N) is 1. The summed E-state index contributed by atoms with van der Waals surface area (Å²) in [4.78, 5) is 11.9. The van der Waals surface area contributed by atoms with E-state index in [9.17, 15) is 26.4 Å². The third-order valence-electron chi connectivity index (χ3n) is 2.61. The van der Waals surface area contributed by atoms with Crippen LogP contribution in [-0.2, 0) is 16.0 Å². The highest BCUT2D eigenvalue weighted by atomic mass is 32.2. The number of alkyl halides is 3. The fraction of sp³-hybridized carbons (Fsp3) is 0.417. The van der Waals surface area contributed by atoms with Crippen molar-refractivity contribution in [2.45, 2.75) is 18.6 Å². The molecule has 112 valence electrons. The topological polar surface area (TPSA) is 77.2 Å². The van der Waals surface area contributed by atoms with Crippen molar-refractivity contribution in [1.82, 2.24) is 0 Å². The van der Waals surface area contributed by atoms with Crippen LogP contribution in [0.3, 0.4) is 0 Å². The molecule has 20 heavy (non-hydrogen) atoms. The summed E-state index contributed by atoms with van der Waals surface area (Å²) < 4.78 is 59.5. The first kappa shape index (κ1) is 16.6. The van der Waals surface area contributed by atoms with E-state index in [2.05, 4.69) is 0 Å². The molecule has 0 aliphatic carbocycles. The standard InChI is InChI=1S/C12H14F3NO3S/c1-20(18,19)6-5-10(16)11(17)8-3-2-4-9(7-8)12(13,14)15/h2-4,7,10H,5-6,16H2,1H3. The first-order valence-electron chi connectivity index (χ1n) is 5.65. The third kappa shape index (κ3) is 4.93. The zero-order chi connectivity index (χ0) is 15.6. The Labute approximate surface area is 114 Å². The summed E-state index contributed by atoms with van der Waals surface area (Å²) in [5.74, 6) is -1.00. The molecule has 1 aromatic carbocycles. The molecule has 0 heterocycles. The van der Waals surface area contributed by atoms with Gasteiger partial charge < -0.3 is 5.73 Å². The highest BCUT2D eigenvalue weighted by molar-refractivity contribution is 7.90. The van der Waals surface area contributed by atoms with Gasteiger partial charge in [-0.3, -0.25) is 4.79 Å². The lowest BCUT2D eigenvalue weighted by Gasteiger charge is -2.12. The second kappa shape index (κ2) is 5.92. The van der Waals surface area contributed by atoms with Gasteiger partial charge in [0.1, 0.15) is 9.84 Å². The van der Waals surface area contributed by atoms with E-state index >= 15 is 0 Å². The molecule has 0 saturated carbocycles. The van der Waals surface area contributed by atoms with Gasteiger partial charge in [-0.2, -0.15) is 13.2 Å². The van der Waals surface area contributed by atoms with Crippen LogP contribution in [0, 0.1) is 0 Å². The van der Waals surface area contributed by atoms with Crippen molar-refractivity contribution in [2.75, 3.05) is 12.0 Å². The van der Waals surface area contributed by atoms with Gasteiger partial charge in [-0.15, -0.1) is 0 Å². The highest BCUT2D eigenvalue weighted by Gasteiger charge is 2.31. The van der Waals surface area contributed by atoms with E-state index < -0.39 is 33.4 Å². The maximum atomic E-state index is 12.5. The molecule has 4 nitrogen and oxygen atoms in total. The molecule has 1 aromatic rings. The molecule has 0 aromatic heterocycles. The summed E-state index contributed by atoms with van der Waals surface area (Å²) >= 11 is 0. The van der Waals surface area contributed by atoms with Gasteiger partial charge in [-0.25, -0.2) is 8.42 Å². The largest absolute Gasteiger partial charge is 0.416 e. The van der Waals surface area contributed by atoms with Gasteiger partial charge in [0.2, 0.25) is 0 Å². The molecule has 0 aliphatic rings. The molecule has 0 fully saturated rings. The molecule has 0 amide bonds. The van der Waals surface area contributed by atoms with Crippen LogP contribution in [0.4, 0.5) is 13.2 Å². The Morgan fingerprint density at radius 2 is 1.95 bits per heavy atom. The lowest BCUT2D eigenvalue weighted by Crippen LogP contribution is -2.32. The number of sulfone groups is 1. The van der Waals surface area contributed by atoms with Crippen molar-refractivity contribution < 1.29 is 26.4 Å². The first-order chi connectivity index (χ1) is 9.00. The second-order valence-electron chi connectivity index (χ2n) is 4.47. The van der Waals surface area contributed by atoms with Crippen LogP contribution >= 0.6 is 0 Å². The monoisotopic (exact) mass is 309 g/mol. The van der Waals surface area contributed by atoms with Gasteiger partial charge in [-0.1, -0.05) is 12.1 Å². The minimum absolute atomic E-state index is 0.131. The number of carbonyl (C=O) groups excluding carboxylic acids is 1. The summed E-state index contributed by atoms with van der Waals surface area (Å²) in [7, 11) is -3.28. The first-order valence-corrected chi connectivity index (χ1v) is 7.71. The van der Waals surface area contributed by atoms with Gasteiger partial charge in [0, 0.05) is 11.8 Å². The number of Topliss-reactive ketones (excluding diaryl/α,β-unsaturated/α-hetero) is 1. The average molecular weight is 309 g/mol. The van der Waals surface area contributed by atoms with Crippen LogP contribution in [0.5, 0.6) is 0 Å². The van der Waals surface area contributed by atoms with Crippen molar-refractivity contribution in [1.29, 1.82) is 0 Å². The second-order valence-corrected chi connectivity index (χ2v) is 6.73. The fourth-order valence-corrected chi connectivity index (χ4v) is 2.22. The lowest BCUT2D eigenvalue weighted by atomic mass is 10.0. The van der Waals surface area contributed by atoms with E-state index in [0.717, 1.165) is 18.4 Å². The molecule has 2 N–H and O–H groups in total. The van der Waals surface area contributed by atoms with E-state index in [0.29, 0.717) is 6.07 Å². The van der Waals surface area contributed by atoms with Crippen molar-refractivity contribution in [3.8, 4) is 0 Å². The lowest BCUT2D eigenvalue weighted by molar-refractivity contribution is -0.137. The average Bonchev–Trinajstić information content (AvgIpc) is 2.33. The van der Waals surface area contributed by atoms with Gasteiger partial charge in [0.25, 0.3) is 0 Å². The molecule has 0 aliphatic heterocycles. The molecule has 8 heteroatoms. The Morgan fingerprint density at radius 3 is 2.45 bits per heavy atom. The smallest absolute Gasteiger partial charge is 0.321 e. The van der Waals surface area contributed by atoms with E-state index in [1.54, 1.807) is 0 Å². The van der Waals surface area contributed by atoms with Gasteiger partial charge in [0.15, 0.2) is 5.78 Å². The fourth-order valence-electron chi connectivity index (χ4n) is 1.54. The number of rotatable bonds is 5. The Bertz CT molecular complexity index is 596. The predicted molar refractivity (Wildman–Crippen MR) is 68.1 cm³/mol. The quantitative estimate of drug-likeness (QED) is 0.839.